The molecule has 202 valence electrons. The third kappa shape index (κ3) is 5.36. The lowest BCUT2D eigenvalue weighted by atomic mass is 9.93. The highest BCUT2D eigenvalue weighted by Gasteiger charge is 2.47. The molecule has 1 fully saturated rings. The van der Waals surface area contributed by atoms with Crippen molar-refractivity contribution < 1.29 is 24.2 Å². The van der Waals surface area contributed by atoms with Gasteiger partial charge in [0, 0.05) is 43.6 Å². The molecule has 0 spiro atoms. The quantitative estimate of drug-likeness (QED) is 0.240. The summed E-state index contributed by atoms with van der Waals surface area (Å²) >= 11 is 0. The molecule has 0 aliphatic carbocycles. The number of nitrogens with one attached hydrogen (secondary N) is 1. The number of ketones is 1. The van der Waals surface area contributed by atoms with E-state index in [1.165, 1.54) is 11.8 Å². The summed E-state index contributed by atoms with van der Waals surface area (Å²) in [5.74, 6) is -1.31. The van der Waals surface area contributed by atoms with Gasteiger partial charge >= 0.3 is 0 Å². The van der Waals surface area contributed by atoms with Crippen molar-refractivity contribution in [1.82, 2.24) is 0 Å². The van der Waals surface area contributed by atoms with Crippen LogP contribution in [-0.2, 0) is 14.4 Å². The zero-order valence-corrected chi connectivity index (χ0v) is 23.0. The van der Waals surface area contributed by atoms with E-state index in [1.807, 2.05) is 57.1 Å². The Morgan fingerprint density at radius 1 is 1.03 bits per heavy atom. The van der Waals surface area contributed by atoms with E-state index in [0.717, 1.165) is 11.3 Å². The number of aliphatic hydroxyl groups is 1. The predicted molar refractivity (Wildman–Crippen MR) is 153 cm³/mol. The highest BCUT2D eigenvalue weighted by Crippen LogP contribution is 2.43. The summed E-state index contributed by atoms with van der Waals surface area (Å²) in [5, 5.41) is 14.3. The number of hydrogen-bond acceptors (Lipinski definition) is 6. The molecule has 1 aliphatic heterocycles. The first-order valence-electron chi connectivity index (χ1n) is 12.7. The molecule has 8 nitrogen and oxygen atoms in total. The Morgan fingerprint density at radius 2 is 1.72 bits per heavy atom. The molecule has 3 aromatic rings. The normalized spacial score (nSPS) is 16.5. The Hall–Kier alpha value is -4.59. The van der Waals surface area contributed by atoms with Crippen molar-refractivity contribution in [2.24, 2.45) is 0 Å². The summed E-state index contributed by atoms with van der Waals surface area (Å²) in [4.78, 5) is 42.1. The van der Waals surface area contributed by atoms with Gasteiger partial charge in [0.15, 0.2) is 0 Å². The second-order valence-corrected chi connectivity index (χ2v) is 10.00. The molecule has 1 atom stereocenters. The van der Waals surface area contributed by atoms with Crippen molar-refractivity contribution in [2.75, 3.05) is 36.3 Å². The second kappa shape index (κ2) is 11.0. The molecule has 1 heterocycles. The first kappa shape index (κ1) is 27.4. The largest absolute Gasteiger partial charge is 0.507 e. The maximum atomic E-state index is 13.6. The molecule has 4 rings (SSSR count). The number of rotatable bonds is 7. The van der Waals surface area contributed by atoms with Crippen LogP contribution in [0, 0.1) is 0 Å². The molecule has 2 N–H and O–H groups in total. The van der Waals surface area contributed by atoms with Crippen molar-refractivity contribution >= 4 is 40.4 Å². The number of benzene rings is 3. The number of methoxy groups -OCH3 is 1. The van der Waals surface area contributed by atoms with E-state index in [0.29, 0.717) is 28.3 Å². The summed E-state index contributed by atoms with van der Waals surface area (Å²) in [6.07, 6.45) is 0. The van der Waals surface area contributed by atoms with Crippen LogP contribution in [0.3, 0.4) is 0 Å². The average Bonchev–Trinajstić information content (AvgIpc) is 3.17. The lowest BCUT2D eigenvalue weighted by Gasteiger charge is -2.26. The molecule has 1 saturated heterocycles. The molecule has 2 amide bonds. The van der Waals surface area contributed by atoms with Crippen LogP contribution >= 0.6 is 0 Å². The molecular weight excluding hydrogens is 494 g/mol. The number of hydrogen-bond donors (Lipinski definition) is 2. The minimum absolute atomic E-state index is 0.0117. The van der Waals surface area contributed by atoms with E-state index in [9.17, 15) is 19.5 Å². The minimum Gasteiger partial charge on any atom is -0.507 e. The highest BCUT2D eigenvalue weighted by molar-refractivity contribution is 6.51. The monoisotopic (exact) mass is 527 g/mol. The van der Waals surface area contributed by atoms with Gasteiger partial charge < -0.3 is 20.1 Å². The topological polar surface area (TPSA) is 99.2 Å². The van der Waals surface area contributed by atoms with Gasteiger partial charge in [0.25, 0.3) is 11.7 Å². The van der Waals surface area contributed by atoms with Gasteiger partial charge in [-0.15, -0.1) is 0 Å². The summed E-state index contributed by atoms with van der Waals surface area (Å²) in [6, 6.07) is 18.5. The SMILES string of the molecule is COc1ccc(/C(O)=C2/C(=O)C(=O)N(c3cccc(NC(C)=O)c3)C2c2ccc(N(C)C)cc2)cc1C(C)C. The molecule has 3 aromatic carbocycles. The number of carbonyl (C=O) groups excluding carboxylic acids is 3. The van der Waals surface area contributed by atoms with Crippen LogP contribution in [0.2, 0.25) is 0 Å². The van der Waals surface area contributed by atoms with Gasteiger partial charge in [-0.25, -0.2) is 0 Å². The van der Waals surface area contributed by atoms with Crippen LogP contribution in [0.4, 0.5) is 17.1 Å². The fraction of sp³-hybridized carbons (Fsp3) is 0.258. The highest BCUT2D eigenvalue weighted by atomic mass is 16.5. The van der Waals surface area contributed by atoms with E-state index in [2.05, 4.69) is 5.32 Å². The minimum atomic E-state index is -0.890. The molecular formula is C31H33N3O5. The van der Waals surface area contributed by atoms with Gasteiger partial charge in [-0.2, -0.15) is 0 Å². The molecule has 8 heteroatoms. The van der Waals surface area contributed by atoms with E-state index in [-0.39, 0.29) is 23.2 Å². The Bertz CT molecular complexity index is 1460. The van der Waals surface area contributed by atoms with Gasteiger partial charge in [0.2, 0.25) is 5.91 Å². The molecule has 0 saturated carbocycles. The number of aliphatic hydroxyl groups excluding tert-OH is 1. The number of anilines is 3. The van der Waals surface area contributed by atoms with Crippen LogP contribution in [-0.4, -0.2) is 43.9 Å². The zero-order valence-electron chi connectivity index (χ0n) is 23.0. The maximum absolute atomic E-state index is 13.6. The molecule has 1 unspecified atom stereocenters. The lowest BCUT2D eigenvalue weighted by Crippen LogP contribution is -2.29. The van der Waals surface area contributed by atoms with Crippen LogP contribution in [0.5, 0.6) is 5.75 Å². The Labute approximate surface area is 228 Å². The first-order chi connectivity index (χ1) is 18.5. The number of Topliss-reactive ketones (excluding diaryl/α,β-unsaturated/α-hetero) is 1. The molecule has 0 bridgehead atoms. The van der Waals surface area contributed by atoms with Crippen molar-refractivity contribution in [3.63, 3.8) is 0 Å². The van der Waals surface area contributed by atoms with Crippen LogP contribution in [0.1, 0.15) is 49.4 Å². The summed E-state index contributed by atoms with van der Waals surface area (Å²) in [5.41, 5.74) is 3.78. The Balaban J connectivity index is 1.93. The predicted octanol–water partition coefficient (Wildman–Crippen LogP) is 5.47. The Morgan fingerprint density at radius 3 is 2.31 bits per heavy atom. The third-order valence-electron chi connectivity index (χ3n) is 6.74. The third-order valence-corrected chi connectivity index (χ3v) is 6.74. The van der Waals surface area contributed by atoms with Crippen LogP contribution < -0.4 is 19.9 Å². The zero-order chi connectivity index (χ0) is 28.4. The summed E-state index contributed by atoms with van der Waals surface area (Å²) in [7, 11) is 5.42. The number of nitrogens with zero attached hydrogens (tertiary/aromatic N) is 2. The molecule has 0 aromatic heterocycles. The van der Waals surface area contributed by atoms with Crippen LogP contribution in [0.15, 0.2) is 72.3 Å². The number of carbonyl (C=O) groups is 3. The van der Waals surface area contributed by atoms with Gasteiger partial charge in [-0.05, 0) is 65.6 Å². The number of amides is 2. The number of ether oxygens (including phenoxy) is 1. The van der Waals surface area contributed by atoms with Gasteiger partial charge in [0.05, 0.1) is 18.7 Å². The van der Waals surface area contributed by atoms with Crippen molar-refractivity contribution in [1.29, 1.82) is 0 Å². The fourth-order valence-electron chi connectivity index (χ4n) is 4.79. The van der Waals surface area contributed by atoms with E-state index in [1.54, 1.807) is 49.6 Å². The van der Waals surface area contributed by atoms with Crippen molar-refractivity contribution in [3.05, 3.63) is 89.0 Å². The average molecular weight is 528 g/mol. The summed E-state index contributed by atoms with van der Waals surface area (Å²) in [6.45, 7) is 5.41. The fourth-order valence-corrected chi connectivity index (χ4v) is 4.79. The summed E-state index contributed by atoms with van der Waals surface area (Å²) < 4.78 is 5.48. The molecule has 39 heavy (non-hydrogen) atoms. The van der Waals surface area contributed by atoms with Gasteiger partial charge in [0.1, 0.15) is 11.5 Å². The molecule has 0 radical (unpaired) electrons. The van der Waals surface area contributed by atoms with E-state index in [4.69, 9.17) is 4.74 Å². The van der Waals surface area contributed by atoms with Crippen molar-refractivity contribution in [3.8, 4) is 5.75 Å². The first-order valence-corrected chi connectivity index (χ1v) is 12.7. The standard InChI is InChI=1S/C31H33N3O5/c1-18(2)25-16-21(12-15-26(25)39-6)29(36)27-28(20-10-13-23(14-11-20)33(4)5)34(31(38)30(27)37)24-9-7-8-22(17-24)32-19(3)35/h7-18,28,36H,1-6H3,(H,32,35)/b29-27-. The van der Waals surface area contributed by atoms with Gasteiger partial charge in [-0.1, -0.05) is 32.0 Å². The van der Waals surface area contributed by atoms with E-state index < -0.39 is 17.7 Å². The Kier molecular flexibility index (Phi) is 7.76. The second-order valence-electron chi connectivity index (χ2n) is 10.00. The molecule has 1 aliphatic rings. The van der Waals surface area contributed by atoms with Crippen molar-refractivity contribution in [2.45, 2.75) is 32.7 Å². The lowest BCUT2D eigenvalue weighted by molar-refractivity contribution is -0.132. The van der Waals surface area contributed by atoms with Gasteiger partial charge in [-0.3, -0.25) is 19.3 Å². The van der Waals surface area contributed by atoms with Crippen LogP contribution in [0.25, 0.3) is 5.76 Å². The smallest absolute Gasteiger partial charge is 0.300 e. The maximum Gasteiger partial charge on any atom is 0.300 e. The van der Waals surface area contributed by atoms with E-state index >= 15 is 0 Å².